The van der Waals surface area contributed by atoms with Crippen molar-refractivity contribution in [3.63, 3.8) is 0 Å². The molecule has 0 aliphatic carbocycles. The molecule has 3 N–H and O–H groups in total. The lowest BCUT2D eigenvalue weighted by Crippen LogP contribution is -2.46. The predicted octanol–water partition coefficient (Wildman–Crippen LogP) is 2.64. The highest BCUT2D eigenvalue weighted by Crippen LogP contribution is 2.19. The summed E-state index contributed by atoms with van der Waals surface area (Å²) in [6, 6.07) is 17.1. The summed E-state index contributed by atoms with van der Waals surface area (Å²) in [6.45, 7) is 0. The zero-order chi connectivity index (χ0) is 16.7. The molecular weight excluding hydrogens is 357 g/mol. The number of hydrogen-bond donors (Lipinski definition) is 3. The molecule has 2 aromatic rings. The van der Waals surface area contributed by atoms with Crippen LogP contribution in [0.25, 0.3) is 11.1 Å². The van der Waals surface area contributed by atoms with Crippen LogP contribution in [-0.2, 0) is 0 Å². The van der Waals surface area contributed by atoms with Crippen LogP contribution in [0.2, 0.25) is 0 Å². The zero-order valence-corrected chi connectivity index (χ0v) is 14.2. The van der Waals surface area contributed by atoms with Crippen molar-refractivity contribution in [3.8, 4) is 11.1 Å². The van der Waals surface area contributed by atoms with Gasteiger partial charge in [0.2, 0.25) is 0 Å². The van der Waals surface area contributed by atoms with Crippen LogP contribution < -0.4 is 5.32 Å². The summed E-state index contributed by atoms with van der Waals surface area (Å²) in [4.78, 5) is 12.2. The van der Waals surface area contributed by atoms with Gasteiger partial charge >= 0.3 is 7.12 Å². The number of hydrogen-bond acceptors (Lipinski definition) is 3. The van der Waals surface area contributed by atoms with Gasteiger partial charge in [0.25, 0.3) is 5.91 Å². The van der Waals surface area contributed by atoms with Crippen molar-refractivity contribution < 1.29 is 14.8 Å². The van der Waals surface area contributed by atoms with Crippen LogP contribution in [0.15, 0.2) is 54.6 Å². The van der Waals surface area contributed by atoms with Gasteiger partial charge in [-0.1, -0.05) is 58.4 Å². The van der Waals surface area contributed by atoms with Gasteiger partial charge in [0.1, 0.15) is 0 Å². The molecule has 0 aliphatic heterocycles. The Kier molecular flexibility index (Phi) is 6.83. The van der Waals surface area contributed by atoms with Gasteiger partial charge in [0.05, 0.1) is 5.94 Å². The van der Waals surface area contributed by atoms with Crippen molar-refractivity contribution in [1.29, 1.82) is 0 Å². The van der Waals surface area contributed by atoms with E-state index in [1.54, 1.807) is 12.1 Å². The molecule has 2 rings (SSSR count). The fraction of sp³-hybridized carbons (Fsp3) is 0.235. The Balaban J connectivity index is 2.05. The Bertz CT molecular complexity index is 619. The van der Waals surface area contributed by atoms with Crippen LogP contribution in [0, 0.1) is 0 Å². The Morgan fingerprint density at radius 2 is 1.65 bits per heavy atom. The lowest BCUT2D eigenvalue weighted by Gasteiger charge is -2.17. The van der Waals surface area contributed by atoms with Gasteiger partial charge in [-0.25, -0.2) is 0 Å². The first-order chi connectivity index (χ1) is 11.1. The number of halogens is 1. The fourth-order valence-corrected chi connectivity index (χ4v) is 2.61. The van der Waals surface area contributed by atoms with Crippen LogP contribution in [-0.4, -0.2) is 34.3 Å². The molecule has 0 unspecified atom stereocenters. The fourth-order valence-electron chi connectivity index (χ4n) is 2.29. The third-order valence-electron chi connectivity index (χ3n) is 3.58. The van der Waals surface area contributed by atoms with Gasteiger partial charge in [0, 0.05) is 10.9 Å². The summed E-state index contributed by atoms with van der Waals surface area (Å²) in [6.07, 6.45) is 1.24. The lowest BCUT2D eigenvalue weighted by atomic mass is 9.77. The Hall–Kier alpha value is -1.63. The maximum atomic E-state index is 12.2. The maximum absolute atomic E-state index is 12.2. The standard InChI is InChI=1S/C17H19BBrNO3/c19-12-4-7-16(18(22)23)20-17(21)15-10-8-14(9-11-15)13-5-2-1-3-6-13/h1-3,5-6,8-11,16,22-23H,4,7,12H2,(H,20,21)/t16-/m0/s1. The number of carbonyl (C=O) groups excluding carboxylic acids is 1. The summed E-state index contributed by atoms with van der Waals surface area (Å²) in [7, 11) is -1.57. The average molecular weight is 376 g/mol. The topological polar surface area (TPSA) is 69.6 Å². The molecule has 4 nitrogen and oxygen atoms in total. The molecule has 2 aromatic carbocycles. The number of benzene rings is 2. The highest BCUT2D eigenvalue weighted by molar-refractivity contribution is 9.09. The molecular formula is C17H19BBrNO3. The van der Waals surface area contributed by atoms with Crippen molar-refractivity contribution in [1.82, 2.24) is 5.32 Å². The van der Waals surface area contributed by atoms with Gasteiger partial charge in [-0.2, -0.15) is 0 Å². The van der Waals surface area contributed by atoms with Crippen LogP contribution in [0.5, 0.6) is 0 Å². The zero-order valence-electron chi connectivity index (χ0n) is 12.7. The predicted molar refractivity (Wildman–Crippen MR) is 96.4 cm³/mol. The first-order valence-electron chi connectivity index (χ1n) is 7.50. The molecule has 0 radical (unpaired) electrons. The van der Waals surface area contributed by atoms with Gasteiger partial charge in [0.15, 0.2) is 0 Å². The van der Waals surface area contributed by atoms with E-state index in [0.717, 1.165) is 22.9 Å². The first-order valence-corrected chi connectivity index (χ1v) is 8.62. The average Bonchev–Trinajstić information content (AvgIpc) is 2.59. The number of carbonyl (C=O) groups is 1. The minimum atomic E-state index is -1.57. The van der Waals surface area contributed by atoms with E-state index in [-0.39, 0.29) is 5.91 Å². The molecule has 120 valence electrons. The highest BCUT2D eigenvalue weighted by atomic mass is 79.9. The SMILES string of the molecule is O=C(N[C@@H](CCCBr)B(O)O)c1ccc(-c2ccccc2)cc1. The van der Waals surface area contributed by atoms with Gasteiger partial charge in [-0.15, -0.1) is 0 Å². The molecule has 0 aliphatic rings. The van der Waals surface area contributed by atoms with E-state index < -0.39 is 13.1 Å². The van der Waals surface area contributed by atoms with E-state index in [9.17, 15) is 14.8 Å². The molecule has 0 aromatic heterocycles. The second-order valence-electron chi connectivity index (χ2n) is 5.27. The molecule has 0 bridgehead atoms. The number of rotatable bonds is 7. The van der Waals surface area contributed by atoms with E-state index in [1.807, 2.05) is 42.5 Å². The normalized spacial score (nSPS) is 11.8. The Morgan fingerprint density at radius 3 is 2.22 bits per heavy atom. The summed E-state index contributed by atoms with van der Waals surface area (Å²) in [5.41, 5.74) is 2.61. The maximum Gasteiger partial charge on any atom is 0.475 e. The monoisotopic (exact) mass is 375 g/mol. The second-order valence-corrected chi connectivity index (χ2v) is 6.06. The summed E-state index contributed by atoms with van der Waals surface area (Å²) in [5, 5.41) is 22.1. The van der Waals surface area contributed by atoms with Crippen molar-refractivity contribution in [2.45, 2.75) is 18.8 Å². The van der Waals surface area contributed by atoms with E-state index in [2.05, 4.69) is 21.2 Å². The van der Waals surface area contributed by atoms with E-state index in [4.69, 9.17) is 0 Å². The third kappa shape index (κ3) is 5.20. The van der Waals surface area contributed by atoms with Crippen LogP contribution in [0.3, 0.4) is 0 Å². The summed E-state index contributed by atoms with van der Waals surface area (Å²) >= 11 is 3.29. The number of nitrogens with one attached hydrogen (secondary N) is 1. The largest absolute Gasteiger partial charge is 0.475 e. The summed E-state index contributed by atoms with van der Waals surface area (Å²) < 4.78 is 0. The van der Waals surface area contributed by atoms with E-state index in [1.165, 1.54) is 0 Å². The number of alkyl halides is 1. The molecule has 0 spiro atoms. The van der Waals surface area contributed by atoms with Crippen molar-refractivity contribution in [3.05, 3.63) is 60.2 Å². The number of amides is 1. The van der Waals surface area contributed by atoms with Gasteiger partial charge < -0.3 is 15.4 Å². The van der Waals surface area contributed by atoms with Gasteiger partial charge in [-0.05, 0) is 36.1 Å². The lowest BCUT2D eigenvalue weighted by molar-refractivity contribution is 0.0940. The quantitative estimate of drug-likeness (QED) is 0.514. The molecule has 0 fully saturated rings. The molecule has 6 heteroatoms. The minimum Gasteiger partial charge on any atom is -0.426 e. The van der Waals surface area contributed by atoms with Crippen LogP contribution >= 0.6 is 15.9 Å². The Labute approximate surface area is 144 Å². The van der Waals surface area contributed by atoms with Crippen LogP contribution in [0.1, 0.15) is 23.2 Å². The highest BCUT2D eigenvalue weighted by Gasteiger charge is 2.25. The van der Waals surface area contributed by atoms with Crippen molar-refractivity contribution in [2.24, 2.45) is 0 Å². The van der Waals surface area contributed by atoms with Crippen molar-refractivity contribution in [2.75, 3.05) is 5.33 Å². The van der Waals surface area contributed by atoms with Crippen LogP contribution in [0.4, 0.5) is 0 Å². The minimum absolute atomic E-state index is 0.308. The van der Waals surface area contributed by atoms with Gasteiger partial charge in [-0.3, -0.25) is 4.79 Å². The molecule has 1 amide bonds. The second kappa shape index (κ2) is 8.86. The Morgan fingerprint density at radius 1 is 1.04 bits per heavy atom. The molecule has 0 heterocycles. The summed E-state index contributed by atoms with van der Waals surface area (Å²) in [5.74, 6) is -0.980. The van der Waals surface area contributed by atoms with E-state index >= 15 is 0 Å². The smallest absolute Gasteiger partial charge is 0.426 e. The molecule has 0 saturated carbocycles. The van der Waals surface area contributed by atoms with E-state index in [0.29, 0.717) is 12.0 Å². The molecule has 1 atom stereocenters. The third-order valence-corrected chi connectivity index (χ3v) is 4.14. The first kappa shape index (κ1) is 17.7. The molecule has 23 heavy (non-hydrogen) atoms. The van der Waals surface area contributed by atoms with Crippen molar-refractivity contribution >= 4 is 29.0 Å². The molecule has 0 saturated heterocycles.